The number of hydrazone groups is 1. The van der Waals surface area contributed by atoms with Crippen LogP contribution in [0, 0.1) is 0 Å². The maximum absolute atomic E-state index is 6.18. The number of halogens is 1. The first kappa shape index (κ1) is 21.9. The number of hydrogen-bond acceptors (Lipinski definition) is 6. The van der Waals surface area contributed by atoms with Gasteiger partial charge in [0.25, 0.3) is 5.95 Å². The first-order valence-corrected chi connectivity index (χ1v) is 11.5. The highest BCUT2D eigenvalue weighted by atomic mass is 35.5. The molecule has 0 fully saturated rings. The molecule has 8 heteroatoms. The summed E-state index contributed by atoms with van der Waals surface area (Å²) in [6.45, 7) is 3.42. The van der Waals surface area contributed by atoms with Crippen molar-refractivity contribution in [2.45, 2.75) is 26.5 Å². The van der Waals surface area contributed by atoms with Crippen molar-refractivity contribution >= 4 is 45.8 Å². The molecule has 7 nitrogen and oxygen atoms in total. The number of nitrogens with one attached hydrogen (secondary N) is 1. The van der Waals surface area contributed by atoms with Crippen molar-refractivity contribution < 1.29 is 4.74 Å². The van der Waals surface area contributed by atoms with E-state index in [1.165, 1.54) is 0 Å². The highest BCUT2D eigenvalue weighted by molar-refractivity contribution is 6.31. The highest BCUT2D eigenvalue weighted by Crippen LogP contribution is 2.26. The Morgan fingerprint density at radius 3 is 2.62 bits per heavy atom. The van der Waals surface area contributed by atoms with Gasteiger partial charge in [0.05, 0.1) is 11.7 Å². The van der Waals surface area contributed by atoms with Gasteiger partial charge in [-0.15, -0.1) is 10.2 Å². The van der Waals surface area contributed by atoms with Crippen LogP contribution in [0.3, 0.4) is 0 Å². The number of hydrogen-bond donors (Lipinski definition) is 1. The van der Waals surface area contributed by atoms with E-state index in [1.54, 1.807) is 6.21 Å². The molecule has 1 N–H and O–H groups in total. The summed E-state index contributed by atoms with van der Waals surface area (Å²) < 4.78 is 8.00. The Bertz CT molecular complexity index is 1460. The lowest BCUT2D eigenvalue weighted by atomic mass is 10.2. The van der Waals surface area contributed by atoms with Crippen LogP contribution >= 0.6 is 11.6 Å². The third-order valence-corrected chi connectivity index (χ3v) is 5.80. The highest BCUT2D eigenvalue weighted by Gasteiger charge is 2.13. The lowest BCUT2D eigenvalue weighted by Gasteiger charge is -2.07. The molecule has 5 rings (SSSR count). The van der Waals surface area contributed by atoms with Crippen LogP contribution in [0.1, 0.15) is 24.5 Å². The Hall–Kier alpha value is -3.97. The first-order chi connectivity index (χ1) is 16.7. The third-order valence-electron chi connectivity index (χ3n) is 5.43. The Balaban J connectivity index is 1.27. The average Bonchev–Trinajstić information content (AvgIpc) is 3.18. The molecule has 0 unspecified atom stereocenters. The number of anilines is 1. The van der Waals surface area contributed by atoms with E-state index in [-0.39, 0.29) is 0 Å². The Morgan fingerprint density at radius 2 is 1.79 bits per heavy atom. The fourth-order valence-electron chi connectivity index (χ4n) is 3.79. The van der Waals surface area contributed by atoms with Gasteiger partial charge in [-0.1, -0.05) is 54.9 Å². The standard InChI is InChI=1S/C26H23ClN6O/c1-2-15-33-23-10-6-4-8-21(23)24-25(33)29-26(32-30-24)31-28-16-18-11-13-20(14-12-18)34-17-19-7-3-5-9-22(19)27/h3-14,16H,2,15,17H2,1H3,(H,29,31,32)/b28-16+. The van der Waals surface area contributed by atoms with Crippen molar-refractivity contribution in [1.82, 2.24) is 19.7 Å². The van der Waals surface area contributed by atoms with Gasteiger partial charge in [0.1, 0.15) is 17.9 Å². The Morgan fingerprint density at radius 1 is 1.00 bits per heavy atom. The van der Waals surface area contributed by atoms with Gasteiger partial charge in [0, 0.05) is 22.5 Å². The van der Waals surface area contributed by atoms with Gasteiger partial charge in [0.2, 0.25) is 0 Å². The molecule has 0 spiro atoms. The molecule has 0 radical (unpaired) electrons. The summed E-state index contributed by atoms with van der Waals surface area (Å²) in [6, 6.07) is 23.4. The van der Waals surface area contributed by atoms with Crippen LogP contribution in [0.5, 0.6) is 5.75 Å². The SMILES string of the molecule is CCCn1c2ccccc2c2nnc(N/N=C/c3ccc(OCc4ccccc4Cl)cc3)nc21. The molecule has 170 valence electrons. The minimum atomic E-state index is 0.351. The van der Waals surface area contributed by atoms with Crippen molar-refractivity contribution in [3.8, 4) is 5.75 Å². The number of fused-ring (bicyclic) bond motifs is 3. The number of ether oxygens (including phenoxy) is 1. The fraction of sp³-hybridized carbons (Fsp3) is 0.154. The summed E-state index contributed by atoms with van der Waals surface area (Å²) in [7, 11) is 0. The second kappa shape index (κ2) is 9.89. The molecule has 2 aromatic heterocycles. The molecule has 5 aromatic rings. The van der Waals surface area contributed by atoms with Crippen molar-refractivity contribution in [3.63, 3.8) is 0 Å². The number of para-hydroxylation sites is 1. The van der Waals surface area contributed by atoms with Crippen LogP contribution in [0.15, 0.2) is 77.9 Å². The number of nitrogens with zero attached hydrogens (tertiary/aromatic N) is 5. The van der Waals surface area contributed by atoms with Gasteiger partial charge in [0.15, 0.2) is 5.65 Å². The maximum Gasteiger partial charge on any atom is 0.265 e. The lowest BCUT2D eigenvalue weighted by molar-refractivity contribution is 0.306. The van der Waals surface area contributed by atoms with E-state index in [0.29, 0.717) is 17.6 Å². The molecular formula is C26H23ClN6O. The second-order valence-electron chi connectivity index (χ2n) is 7.80. The third kappa shape index (κ3) is 4.56. The Kier molecular flexibility index (Phi) is 6.35. The lowest BCUT2D eigenvalue weighted by Crippen LogP contribution is -2.03. The largest absolute Gasteiger partial charge is 0.489 e. The number of benzene rings is 3. The molecule has 0 aliphatic heterocycles. The van der Waals surface area contributed by atoms with Crippen molar-refractivity contribution in [2.75, 3.05) is 5.43 Å². The van der Waals surface area contributed by atoms with Crippen LogP contribution in [0.4, 0.5) is 5.95 Å². The summed E-state index contributed by atoms with van der Waals surface area (Å²) >= 11 is 6.18. The van der Waals surface area contributed by atoms with E-state index in [0.717, 1.165) is 51.9 Å². The number of rotatable bonds is 8. The van der Waals surface area contributed by atoms with Crippen molar-refractivity contribution in [1.29, 1.82) is 0 Å². The normalized spacial score (nSPS) is 11.5. The molecule has 0 amide bonds. The average molecular weight is 471 g/mol. The molecule has 0 saturated heterocycles. The monoisotopic (exact) mass is 470 g/mol. The summed E-state index contributed by atoms with van der Waals surface area (Å²) in [6.07, 6.45) is 2.70. The van der Waals surface area contributed by atoms with Crippen LogP contribution < -0.4 is 10.2 Å². The van der Waals surface area contributed by atoms with E-state index in [9.17, 15) is 0 Å². The van der Waals surface area contributed by atoms with E-state index in [2.05, 4.69) is 43.3 Å². The quantitative estimate of drug-likeness (QED) is 0.220. The molecule has 34 heavy (non-hydrogen) atoms. The van der Waals surface area contributed by atoms with Crippen LogP contribution in [-0.2, 0) is 13.2 Å². The molecule has 0 aliphatic rings. The van der Waals surface area contributed by atoms with Gasteiger partial charge in [-0.3, -0.25) is 0 Å². The van der Waals surface area contributed by atoms with Crippen LogP contribution in [-0.4, -0.2) is 26.0 Å². The maximum atomic E-state index is 6.18. The predicted octanol–water partition coefficient (Wildman–Crippen LogP) is 6.07. The Labute approximate surface area is 202 Å². The molecule has 3 aromatic carbocycles. The molecule has 0 atom stereocenters. The topological polar surface area (TPSA) is 77.2 Å². The first-order valence-electron chi connectivity index (χ1n) is 11.1. The second-order valence-corrected chi connectivity index (χ2v) is 8.20. The minimum absolute atomic E-state index is 0.351. The zero-order valence-electron chi connectivity index (χ0n) is 18.6. The van der Waals surface area contributed by atoms with Crippen molar-refractivity contribution in [2.24, 2.45) is 5.10 Å². The summed E-state index contributed by atoms with van der Waals surface area (Å²) in [5.41, 5.74) is 7.46. The van der Waals surface area contributed by atoms with Gasteiger partial charge >= 0.3 is 0 Å². The zero-order valence-corrected chi connectivity index (χ0v) is 19.4. The summed E-state index contributed by atoms with van der Waals surface area (Å²) in [5.74, 6) is 1.11. The van der Waals surface area contributed by atoms with Gasteiger partial charge < -0.3 is 9.30 Å². The molecule has 0 saturated carbocycles. The van der Waals surface area contributed by atoms with Gasteiger partial charge in [-0.05, 0) is 48.4 Å². The minimum Gasteiger partial charge on any atom is -0.489 e. The van der Waals surface area contributed by atoms with Gasteiger partial charge in [-0.25, -0.2) is 5.43 Å². The van der Waals surface area contributed by atoms with E-state index < -0.39 is 0 Å². The van der Waals surface area contributed by atoms with Crippen LogP contribution in [0.25, 0.3) is 22.1 Å². The molecular weight excluding hydrogens is 448 g/mol. The van der Waals surface area contributed by atoms with Crippen LogP contribution in [0.2, 0.25) is 5.02 Å². The molecule has 2 heterocycles. The summed E-state index contributed by atoms with van der Waals surface area (Å²) in [5, 5.41) is 14.6. The van der Waals surface area contributed by atoms with E-state index in [4.69, 9.17) is 16.3 Å². The zero-order chi connectivity index (χ0) is 23.3. The smallest absolute Gasteiger partial charge is 0.265 e. The van der Waals surface area contributed by atoms with E-state index in [1.807, 2.05) is 66.7 Å². The predicted molar refractivity (Wildman–Crippen MR) is 137 cm³/mol. The summed E-state index contributed by atoms with van der Waals surface area (Å²) in [4.78, 5) is 4.67. The van der Waals surface area contributed by atoms with Crippen molar-refractivity contribution in [3.05, 3.63) is 88.9 Å². The molecule has 0 aliphatic carbocycles. The van der Waals surface area contributed by atoms with E-state index >= 15 is 0 Å². The molecule has 0 bridgehead atoms. The number of aryl methyl sites for hydroxylation is 1. The number of aromatic nitrogens is 4. The fourth-order valence-corrected chi connectivity index (χ4v) is 3.98. The van der Waals surface area contributed by atoms with Gasteiger partial charge in [-0.2, -0.15) is 10.1 Å².